The van der Waals surface area contributed by atoms with Crippen LogP contribution < -0.4 is 10.1 Å². The number of rotatable bonds is 3. The number of aromatic amines is 1. The summed E-state index contributed by atoms with van der Waals surface area (Å²) in [5.41, 5.74) is 4.00. The maximum atomic E-state index is 13.1. The number of halogens is 3. The third kappa shape index (κ3) is 5.40. The average Bonchev–Trinajstić information content (AvgIpc) is 3.23. The summed E-state index contributed by atoms with van der Waals surface area (Å²) in [6.07, 6.45) is -2.76. The second kappa shape index (κ2) is 9.04. The molecule has 196 valence electrons. The van der Waals surface area contributed by atoms with E-state index in [2.05, 4.69) is 15.3 Å². The molecule has 3 aromatic rings. The van der Waals surface area contributed by atoms with Crippen molar-refractivity contribution >= 4 is 11.9 Å². The first kappa shape index (κ1) is 26.4. The molecular weight excluding hydrogens is 483 g/mol. The number of amides is 1. The van der Waals surface area contributed by atoms with Gasteiger partial charge in [-0.15, -0.1) is 0 Å². The Bertz CT molecular complexity index is 1340. The Hall–Kier alpha value is -3.62. The summed E-state index contributed by atoms with van der Waals surface area (Å²) in [7, 11) is 0. The standard InChI is InChI=1S/C28H30F3N3O3/c1-26(2,3)18-11-16(12-19(27(4,5)6)23(18)37-25(36)28(29,30)31)21-13-15(7-9-32-21)22-14-17-20(34-22)8-10-33-24(17)35/h7,9,11-14,34H,8,10H2,1-6H3,(H,33,35). The molecule has 1 amide bonds. The van der Waals surface area contributed by atoms with Crippen molar-refractivity contribution in [2.45, 2.75) is 65.0 Å². The molecule has 2 N–H and O–H groups in total. The lowest BCUT2D eigenvalue weighted by atomic mass is 9.78. The quantitative estimate of drug-likeness (QED) is 0.328. The Morgan fingerprint density at radius 3 is 2.11 bits per heavy atom. The van der Waals surface area contributed by atoms with Gasteiger partial charge in [-0.25, -0.2) is 4.79 Å². The molecule has 0 saturated carbocycles. The number of H-pyrrole nitrogens is 1. The van der Waals surface area contributed by atoms with E-state index < -0.39 is 23.0 Å². The zero-order valence-corrected chi connectivity index (χ0v) is 21.7. The van der Waals surface area contributed by atoms with E-state index in [0.717, 1.165) is 17.0 Å². The van der Waals surface area contributed by atoms with Gasteiger partial charge in [0.25, 0.3) is 5.91 Å². The van der Waals surface area contributed by atoms with Crippen molar-refractivity contribution < 1.29 is 27.5 Å². The lowest BCUT2D eigenvalue weighted by Crippen LogP contribution is -2.31. The topological polar surface area (TPSA) is 84.1 Å². The van der Waals surface area contributed by atoms with Crippen LogP contribution in [0.3, 0.4) is 0 Å². The number of carbonyl (C=O) groups excluding carboxylic acids is 2. The van der Waals surface area contributed by atoms with Gasteiger partial charge in [0.15, 0.2) is 0 Å². The normalized spacial score (nSPS) is 14.2. The van der Waals surface area contributed by atoms with Gasteiger partial charge < -0.3 is 15.0 Å². The number of alkyl halides is 3. The third-order valence-corrected chi connectivity index (χ3v) is 6.30. The fourth-order valence-corrected chi connectivity index (χ4v) is 4.36. The Kier molecular flexibility index (Phi) is 6.46. The van der Waals surface area contributed by atoms with Gasteiger partial charge in [-0.05, 0) is 41.2 Å². The van der Waals surface area contributed by atoms with Crippen molar-refractivity contribution in [1.82, 2.24) is 15.3 Å². The molecule has 6 nitrogen and oxygen atoms in total. The molecule has 0 radical (unpaired) electrons. The van der Waals surface area contributed by atoms with Crippen molar-refractivity contribution in [3.05, 3.63) is 58.9 Å². The molecule has 4 rings (SSSR count). The smallest absolute Gasteiger partial charge is 0.419 e. The maximum absolute atomic E-state index is 13.1. The van der Waals surface area contributed by atoms with E-state index in [0.29, 0.717) is 40.9 Å². The van der Waals surface area contributed by atoms with Crippen LogP contribution in [0.25, 0.3) is 22.5 Å². The number of carbonyl (C=O) groups is 2. The molecule has 0 aliphatic carbocycles. The van der Waals surface area contributed by atoms with E-state index in [1.165, 1.54) is 0 Å². The SMILES string of the molecule is CC(C)(C)c1cc(-c2cc(-c3cc4c([nH]3)CCNC4=O)ccn2)cc(C(C)(C)C)c1OC(=O)C(F)(F)F. The number of ether oxygens (including phenoxy) is 1. The fourth-order valence-electron chi connectivity index (χ4n) is 4.36. The molecule has 0 bridgehead atoms. The largest absolute Gasteiger partial charge is 0.491 e. The molecule has 37 heavy (non-hydrogen) atoms. The molecule has 3 heterocycles. The summed E-state index contributed by atoms with van der Waals surface area (Å²) in [6.45, 7) is 11.7. The highest BCUT2D eigenvalue weighted by Crippen LogP contribution is 2.43. The highest BCUT2D eigenvalue weighted by atomic mass is 19.4. The van der Waals surface area contributed by atoms with Crippen LogP contribution in [0.5, 0.6) is 5.75 Å². The second-order valence-electron chi connectivity index (χ2n) is 11.3. The first-order valence-electron chi connectivity index (χ1n) is 12.0. The lowest BCUT2D eigenvalue weighted by molar-refractivity contribution is -0.189. The van der Waals surface area contributed by atoms with Crippen LogP contribution in [-0.2, 0) is 22.0 Å². The zero-order valence-electron chi connectivity index (χ0n) is 21.7. The molecule has 0 atom stereocenters. The van der Waals surface area contributed by atoms with Crippen LogP contribution in [0.15, 0.2) is 36.5 Å². The van der Waals surface area contributed by atoms with Gasteiger partial charge in [0.1, 0.15) is 5.75 Å². The number of hydrogen-bond acceptors (Lipinski definition) is 4. The number of fused-ring (bicyclic) bond motifs is 1. The molecule has 1 aliphatic rings. The fraction of sp³-hybridized carbons (Fsp3) is 0.393. The first-order valence-corrected chi connectivity index (χ1v) is 12.0. The van der Waals surface area contributed by atoms with Crippen LogP contribution in [0, 0.1) is 0 Å². The molecule has 9 heteroatoms. The van der Waals surface area contributed by atoms with Gasteiger partial charge in [0.2, 0.25) is 0 Å². The molecule has 2 aromatic heterocycles. The molecule has 1 aromatic carbocycles. The van der Waals surface area contributed by atoms with Gasteiger partial charge in [-0.1, -0.05) is 41.5 Å². The van der Waals surface area contributed by atoms with Crippen LogP contribution in [0.1, 0.15) is 68.7 Å². The molecule has 0 spiro atoms. The van der Waals surface area contributed by atoms with E-state index in [1.54, 1.807) is 18.3 Å². The average molecular weight is 514 g/mol. The number of benzene rings is 1. The third-order valence-electron chi connectivity index (χ3n) is 6.30. The van der Waals surface area contributed by atoms with Crippen molar-refractivity contribution in [1.29, 1.82) is 0 Å². The summed E-state index contributed by atoms with van der Waals surface area (Å²) in [5.74, 6) is -2.45. The van der Waals surface area contributed by atoms with Gasteiger partial charge >= 0.3 is 12.1 Å². The van der Waals surface area contributed by atoms with Gasteiger partial charge in [-0.3, -0.25) is 9.78 Å². The number of aromatic nitrogens is 2. The number of nitrogens with zero attached hydrogens (tertiary/aromatic N) is 1. The summed E-state index contributed by atoms with van der Waals surface area (Å²) in [4.78, 5) is 31.9. The zero-order chi connectivity index (χ0) is 27.3. The van der Waals surface area contributed by atoms with Crippen molar-refractivity contribution in [3.63, 3.8) is 0 Å². The van der Waals surface area contributed by atoms with Crippen LogP contribution >= 0.6 is 0 Å². The van der Waals surface area contributed by atoms with Gasteiger partial charge in [-0.2, -0.15) is 13.2 Å². The van der Waals surface area contributed by atoms with E-state index in [4.69, 9.17) is 4.74 Å². The van der Waals surface area contributed by atoms with Crippen molar-refractivity contribution in [2.75, 3.05) is 6.54 Å². The van der Waals surface area contributed by atoms with E-state index >= 15 is 0 Å². The molecule has 0 saturated heterocycles. The minimum atomic E-state index is -5.12. The Balaban J connectivity index is 1.86. The highest BCUT2D eigenvalue weighted by molar-refractivity contribution is 5.97. The monoisotopic (exact) mass is 513 g/mol. The van der Waals surface area contributed by atoms with Crippen LogP contribution in [-0.4, -0.2) is 34.6 Å². The van der Waals surface area contributed by atoms with Crippen molar-refractivity contribution in [2.24, 2.45) is 0 Å². The minimum Gasteiger partial charge on any atom is -0.419 e. The Morgan fingerprint density at radius 1 is 0.946 bits per heavy atom. The van der Waals surface area contributed by atoms with Crippen LogP contribution in [0.2, 0.25) is 0 Å². The first-order chi connectivity index (χ1) is 17.1. The predicted octanol–water partition coefficient (Wildman–Crippen LogP) is 6.09. The molecule has 0 unspecified atom stereocenters. The van der Waals surface area contributed by atoms with E-state index in [9.17, 15) is 22.8 Å². The summed E-state index contributed by atoms with van der Waals surface area (Å²) in [6, 6.07) is 8.96. The maximum Gasteiger partial charge on any atom is 0.491 e. The molecule has 1 aliphatic heterocycles. The van der Waals surface area contributed by atoms with E-state index in [-0.39, 0.29) is 11.7 Å². The lowest BCUT2D eigenvalue weighted by Gasteiger charge is -2.30. The Morgan fingerprint density at radius 2 is 1.57 bits per heavy atom. The van der Waals surface area contributed by atoms with Gasteiger partial charge in [0.05, 0.1) is 11.3 Å². The number of esters is 1. The van der Waals surface area contributed by atoms with Crippen molar-refractivity contribution in [3.8, 4) is 28.3 Å². The Labute approximate surface area is 213 Å². The summed E-state index contributed by atoms with van der Waals surface area (Å²) < 4.78 is 44.4. The number of pyridine rings is 1. The summed E-state index contributed by atoms with van der Waals surface area (Å²) in [5, 5.41) is 2.83. The predicted molar refractivity (Wildman–Crippen MR) is 135 cm³/mol. The highest BCUT2D eigenvalue weighted by Gasteiger charge is 2.43. The molecular formula is C28H30F3N3O3. The molecule has 0 fully saturated rings. The van der Waals surface area contributed by atoms with Gasteiger partial charge in [0, 0.05) is 52.8 Å². The van der Waals surface area contributed by atoms with E-state index in [1.807, 2.05) is 59.7 Å². The van der Waals surface area contributed by atoms with Crippen LogP contribution in [0.4, 0.5) is 13.2 Å². The number of nitrogens with one attached hydrogen (secondary N) is 2. The number of hydrogen-bond donors (Lipinski definition) is 2. The minimum absolute atomic E-state index is 0.0784. The summed E-state index contributed by atoms with van der Waals surface area (Å²) >= 11 is 0. The second-order valence-corrected chi connectivity index (χ2v) is 11.3.